The van der Waals surface area contributed by atoms with E-state index in [1.54, 1.807) is 24.3 Å². The lowest BCUT2D eigenvalue weighted by Crippen LogP contribution is -2.32. The maximum absolute atomic E-state index is 12.0. The lowest BCUT2D eigenvalue weighted by Gasteiger charge is -2.09. The quantitative estimate of drug-likeness (QED) is 0.813. The Kier molecular flexibility index (Phi) is 2.92. The molecule has 18 heavy (non-hydrogen) atoms. The van der Waals surface area contributed by atoms with Crippen LogP contribution in [0, 0.1) is 6.92 Å². The van der Waals surface area contributed by atoms with Gasteiger partial charge < -0.3 is 0 Å². The Labute approximate surface area is 103 Å². The van der Waals surface area contributed by atoms with Gasteiger partial charge in [0.15, 0.2) is 0 Å². The van der Waals surface area contributed by atoms with Crippen molar-refractivity contribution in [3.05, 3.63) is 52.4 Å². The first-order valence-electron chi connectivity index (χ1n) is 5.00. The van der Waals surface area contributed by atoms with E-state index in [1.165, 1.54) is 6.92 Å². The van der Waals surface area contributed by atoms with Crippen molar-refractivity contribution < 1.29 is 12.7 Å². The molecule has 0 unspecified atom stereocenters. The van der Waals surface area contributed by atoms with E-state index in [0.717, 1.165) is 0 Å². The van der Waals surface area contributed by atoms with Gasteiger partial charge in [0.25, 0.3) is 5.56 Å². The molecule has 1 heterocycles. The van der Waals surface area contributed by atoms with Crippen molar-refractivity contribution in [2.24, 2.45) is 0 Å². The molecule has 0 saturated heterocycles. The Morgan fingerprint density at radius 2 is 2.06 bits per heavy atom. The molecule has 0 amide bonds. The van der Waals surface area contributed by atoms with Crippen molar-refractivity contribution in [3.63, 3.8) is 0 Å². The molecule has 0 aliphatic carbocycles. The third-order valence-electron chi connectivity index (χ3n) is 2.28. The highest BCUT2D eigenvalue weighted by molar-refractivity contribution is 7.89. The Bertz CT molecular complexity index is 777. The van der Waals surface area contributed by atoms with E-state index in [4.69, 9.17) is 0 Å². The summed E-state index contributed by atoms with van der Waals surface area (Å²) in [5, 5.41) is 0.899. The second-order valence-corrected chi connectivity index (χ2v) is 4.98. The summed E-state index contributed by atoms with van der Waals surface area (Å²) in [5.41, 5.74) is -0.0978. The van der Waals surface area contributed by atoms with Gasteiger partial charge in [-0.2, -0.15) is 8.42 Å². The largest absolute Gasteiger partial charge is 0.349 e. The van der Waals surface area contributed by atoms with E-state index in [2.05, 4.69) is 15.8 Å². The number of benzene rings is 1. The van der Waals surface area contributed by atoms with Crippen LogP contribution < -0.4 is 9.84 Å². The molecule has 94 valence electrons. The Balaban J connectivity index is 2.73. The number of hydrogen-bond donors (Lipinski definition) is 0. The number of hydrogen-bond acceptors (Lipinski definition) is 5. The van der Waals surface area contributed by atoms with E-state index in [9.17, 15) is 13.2 Å². The molecule has 0 saturated carbocycles. The van der Waals surface area contributed by atoms with Gasteiger partial charge in [0.05, 0.1) is 16.3 Å². The molecule has 0 bridgehead atoms. The number of aryl methyl sites for hydroxylation is 1. The molecule has 1 aromatic heterocycles. The fraction of sp³-hybridized carbons (Fsp3) is 0.0909. The van der Waals surface area contributed by atoms with Crippen LogP contribution in [0.1, 0.15) is 5.82 Å². The summed E-state index contributed by atoms with van der Waals surface area (Å²) in [4.78, 5) is 16.1. The number of para-hydroxylation sites is 1. The minimum Gasteiger partial charge on any atom is -0.279 e. The number of fused-ring (bicyclic) bond motifs is 1. The van der Waals surface area contributed by atoms with E-state index in [1.807, 2.05) is 0 Å². The standard InChI is InChI=1S/C11H10N2O4S/c1-3-18(15,16)17-13-8(2)12-10-7-5-4-6-9(10)11(13)14/h3-7H,1H2,2H3. The van der Waals surface area contributed by atoms with Crippen LogP contribution in [0.2, 0.25) is 0 Å². The zero-order valence-corrected chi connectivity index (χ0v) is 10.3. The monoisotopic (exact) mass is 266 g/mol. The van der Waals surface area contributed by atoms with Crippen LogP contribution in [0.4, 0.5) is 0 Å². The van der Waals surface area contributed by atoms with Gasteiger partial charge in [0.2, 0.25) is 0 Å². The molecule has 0 aliphatic heterocycles. The average molecular weight is 266 g/mol. The highest BCUT2D eigenvalue weighted by Gasteiger charge is 2.14. The van der Waals surface area contributed by atoms with Crippen LogP contribution in [0.15, 0.2) is 41.0 Å². The molecule has 7 heteroatoms. The Morgan fingerprint density at radius 3 is 2.72 bits per heavy atom. The van der Waals surface area contributed by atoms with E-state index in [0.29, 0.717) is 15.7 Å². The van der Waals surface area contributed by atoms with Gasteiger partial charge >= 0.3 is 10.1 Å². The lowest BCUT2D eigenvalue weighted by atomic mass is 10.2. The van der Waals surface area contributed by atoms with Crippen LogP contribution in [0.25, 0.3) is 10.9 Å². The van der Waals surface area contributed by atoms with Crippen molar-refractivity contribution >= 4 is 21.0 Å². The summed E-state index contributed by atoms with van der Waals surface area (Å²) in [5.74, 6) is 0.143. The van der Waals surface area contributed by atoms with Crippen LogP contribution in [0.5, 0.6) is 0 Å². The fourth-order valence-corrected chi connectivity index (χ4v) is 1.89. The van der Waals surface area contributed by atoms with E-state index < -0.39 is 15.7 Å². The Hall–Kier alpha value is -2.15. The van der Waals surface area contributed by atoms with Crippen molar-refractivity contribution in [2.75, 3.05) is 0 Å². The first kappa shape index (κ1) is 12.3. The second-order valence-electron chi connectivity index (χ2n) is 3.51. The van der Waals surface area contributed by atoms with Crippen LogP contribution in [0.3, 0.4) is 0 Å². The molecule has 0 radical (unpaired) electrons. The number of rotatable bonds is 3. The predicted molar refractivity (Wildman–Crippen MR) is 66.4 cm³/mol. The molecule has 0 fully saturated rings. The molecule has 2 rings (SSSR count). The zero-order valence-electron chi connectivity index (χ0n) is 9.53. The van der Waals surface area contributed by atoms with Crippen molar-refractivity contribution in [1.82, 2.24) is 9.71 Å². The predicted octanol–water partition coefficient (Wildman–Crippen LogP) is 0.607. The van der Waals surface area contributed by atoms with Crippen LogP contribution >= 0.6 is 0 Å². The summed E-state index contributed by atoms with van der Waals surface area (Å²) in [6.07, 6.45) is 0. The smallest absolute Gasteiger partial charge is 0.279 e. The highest BCUT2D eigenvalue weighted by atomic mass is 32.2. The van der Waals surface area contributed by atoms with E-state index >= 15 is 0 Å². The summed E-state index contributed by atoms with van der Waals surface area (Å²) in [6.45, 7) is 4.58. The van der Waals surface area contributed by atoms with Crippen LogP contribution in [-0.2, 0) is 10.1 Å². The average Bonchev–Trinajstić information content (AvgIpc) is 2.34. The summed E-state index contributed by atoms with van der Waals surface area (Å²) in [7, 11) is -4.00. The third-order valence-corrected chi connectivity index (χ3v) is 3.04. The van der Waals surface area contributed by atoms with Crippen molar-refractivity contribution in [1.29, 1.82) is 0 Å². The second kappa shape index (κ2) is 4.26. The normalized spacial score (nSPS) is 11.4. The van der Waals surface area contributed by atoms with Gasteiger partial charge in [-0.15, -0.1) is 4.73 Å². The first-order valence-corrected chi connectivity index (χ1v) is 6.47. The highest BCUT2D eigenvalue weighted by Crippen LogP contribution is 2.07. The third kappa shape index (κ3) is 2.12. The topological polar surface area (TPSA) is 78.3 Å². The fourth-order valence-electron chi connectivity index (χ4n) is 1.45. The molecule has 2 aromatic rings. The SMILES string of the molecule is C=CS(=O)(=O)On1c(C)nc2ccccc2c1=O. The molecule has 0 N–H and O–H groups in total. The summed E-state index contributed by atoms with van der Waals surface area (Å²) >= 11 is 0. The number of aromatic nitrogens is 2. The maximum Gasteiger partial charge on any atom is 0.349 e. The molecule has 6 nitrogen and oxygen atoms in total. The summed E-state index contributed by atoms with van der Waals surface area (Å²) in [6, 6.07) is 6.60. The van der Waals surface area contributed by atoms with Gasteiger partial charge in [0, 0.05) is 0 Å². The van der Waals surface area contributed by atoms with Crippen molar-refractivity contribution in [2.45, 2.75) is 6.92 Å². The van der Waals surface area contributed by atoms with Gasteiger partial charge in [0.1, 0.15) is 5.82 Å². The first-order chi connectivity index (χ1) is 8.44. The zero-order chi connectivity index (χ0) is 13.3. The maximum atomic E-state index is 12.0. The molecular weight excluding hydrogens is 256 g/mol. The molecule has 1 aromatic carbocycles. The minimum atomic E-state index is -4.00. The van der Waals surface area contributed by atoms with E-state index in [-0.39, 0.29) is 11.2 Å². The molecule has 0 aliphatic rings. The molecular formula is C11H10N2O4S. The lowest BCUT2D eigenvalue weighted by molar-refractivity contribution is 0.261. The molecule has 0 spiro atoms. The van der Waals surface area contributed by atoms with Crippen molar-refractivity contribution in [3.8, 4) is 0 Å². The van der Waals surface area contributed by atoms with Gasteiger partial charge in [-0.25, -0.2) is 4.98 Å². The molecule has 0 atom stereocenters. The van der Waals surface area contributed by atoms with Crippen LogP contribution in [-0.4, -0.2) is 18.1 Å². The summed E-state index contributed by atoms with van der Waals surface area (Å²) < 4.78 is 27.8. The Morgan fingerprint density at radius 1 is 1.39 bits per heavy atom. The van der Waals surface area contributed by atoms with Gasteiger partial charge in [-0.05, 0) is 19.1 Å². The minimum absolute atomic E-state index is 0.143. The number of nitrogens with zero attached hydrogens (tertiary/aromatic N) is 2. The van der Waals surface area contributed by atoms with Gasteiger partial charge in [-0.1, -0.05) is 18.7 Å². The van der Waals surface area contributed by atoms with Gasteiger partial charge in [-0.3, -0.25) is 9.08 Å².